The first-order valence-electron chi connectivity index (χ1n) is 11.6. The van der Waals surface area contributed by atoms with E-state index in [0.717, 1.165) is 32.5 Å². The molecule has 0 saturated heterocycles. The lowest BCUT2D eigenvalue weighted by molar-refractivity contribution is -0.115. The minimum Gasteiger partial charge on any atom is -0.376 e. The number of allylic oxidation sites excluding steroid dienone is 1. The van der Waals surface area contributed by atoms with E-state index in [0.29, 0.717) is 17.4 Å². The van der Waals surface area contributed by atoms with Crippen molar-refractivity contribution in [3.05, 3.63) is 12.2 Å². The largest absolute Gasteiger partial charge is 0.376 e. The molecule has 166 valence electrons. The average Bonchev–Trinajstić information content (AvgIpc) is 2.61. The second-order valence-corrected chi connectivity index (χ2v) is 9.85. The molecule has 0 atom stereocenters. The van der Waals surface area contributed by atoms with Crippen LogP contribution in [0.15, 0.2) is 12.2 Å². The fourth-order valence-corrected chi connectivity index (χ4v) is 3.46. The van der Waals surface area contributed by atoms with Crippen molar-refractivity contribution in [2.24, 2.45) is 5.41 Å². The maximum Gasteiger partial charge on any atom is 0.158 e. The average molecular weight is 396 g/mol. The summed E-state index contributed by atoms with van der Waals surface area (Å²) in [6.45, 7) is 19.9. The van der Waals surface area contributed by atoms with Gasteiger partial charge in [-0.1, -0.05) is 53.0 Å². The molecule has 0 fully saturated rings. The molecule has 0 aromatic rings. The minimum absolute atomic E-state index is 0.0212. The van der Waals surface area contributed by atoms with Gasteiger partial charge < -0.3 is 10.1 Å². The van der Waals surface area contributed by atoms with Gasteiger partial charge >= 0.3 is 0 Å². The second kappa shape index (κ2) is 15.2. The van der Waals surface area contributed by atoms with Gasteiger partial charge in [-0.15, -0.1) is 0 Å². The Hall–Kier alpha value is -0.670. The number of ether oxygens (including phenoxy) is 1. The normalized spacial score (nSPS) is 12.4. The van der Waals surface area contributed by atoms with Crippen LogP contribution in [-0.2, 0) is 9.53 Å². The first-order valence-corrected chi connectivity index (χ1v) is 11.6. The molecular formula is C25H49NO2. The standard InChI is InChI=1S/C25H49NO2/c1-8-9-12-21-28-25(6,7)18-11-10-16-24(4,5)17-14-20-26-19-13-15-23(27)22(2)3/h26H,2,8-21H2,1,3-7H3. The Labute approximate surface area is 176 Å². The van der Waals surface area contributed by atoms with Crippen molar-refractivity contribution in [2.75, 3.05) is 19.7 Å². The fourth-order valence-electron chi connectivity index (χ4n) is 3.46. The Morgan fingerprint density at radius 1 is 0.893 bits per heavy atom. The van der Waals surface area contributed by atoms with Gasteiger partial charge in [0.05, 0.1) is 5.60 Å². The number of carbonyl (C=O) groups excluding carboxylic acids is 1. The smallest absolute Gasteiger partial charge is 0.158 e. The number of carbonyl (C=O) groups is 1. The highest BCUT2D eigenvalue weighted by molar-refractivity contribution is 5.93. The summed E-state index contributed by atoms with van der Waals surface area (Å²) in [5.41, 5.74) is 1.10. The van der Waals surface area contributed by atoms with Gasteiger partial charge in [0, 0.05) is 13.0 Å². The van der Waals surface area contributed by atoms with Crippen LogP contribution in [0.4, 0.5) is 0 Å². The van der Waals surface area contributed by atoms with Gasteiger partial charge in [-0.3, -0.25) is 4.79 Å². The summed E-state index contributed by atoms with van der Waals surface area (Å²) in [4.78, 5) is 11.5. The molecule has 0 spiro atoms. The highest BCUT2D eigenvalue weighted by Gasteiger charge is 2.20. The van der Waals surface area contributed by atoms with Crippen molar-refractivity contribution >= 4 is 5.78 Å². The molecule has 3 nitrogen and oxygen atoms in total. The molecule has 0 saturated carbocycles. The number of unbranched alkanes of at least 4 members (excludes halogenated alkanes) is 3. The quantitative estimate of drug-likeness (QED) is 0.192. The number of nitrogens with one attached hydrogen (secondary N) is 1. The molecule has 0 heterocycles. The van der Waals surface area contributed by atoms with Gasteiger partial charge in [-0.25, -0.2) is 0 Å². The summed E-state index contributed by atoms with van der Waals surface area (Å²) in [6.07, 6.45) is 12.7. The summed E-state index contributed by atoms with van der Waals surface area (Å²) in [6, 6.07) is 0. The predicted molar refractivity (Wildman–Crippen MR) is 123 cm³/mol. The van der Waals surface area contributed by atoms with Crippen molar-refractivity contribution in [3.63, 3.8) is 0 Å². The number of ketones is 1. The molecular weight excluding hydrogens is 346 g/mol. The summed E-state index contributed by atoms with van der Waals surface area (Å²) in [7, 11) is 0. The van der Waals surface area contributed by atoms with Crippen LogP contribution in [0, 0.1) is 5.41 Å². The van der Waals surface area contributed by atoms with Crippen molar-refractivity contribution in [1.29, 1.82) is 0 Å². The van der Waals surface area contributed by atoms with Crippen LogP contribution in [0.2, 0.25) is 0 Å². The summed E-state index contributed by atoms with van der Waals surface area (Å²) >= 11 is 0. The summed E-state index contributed by atoms with van der Waals surface area (Å²) < 4.78 is 6.07. The van der Waals surface area contributed by atoms with Gasteiger partial charge in [0.15, 0.2) is 5.78 Å². The van der Waals surface area contributed by atoms with E-state index in [1.54, 1.807) is 6.92 Å². The van der Waals surface area contributed by atoms with E-state index in [-0.39, 0.29) is 11.4 Å². The van der Waals surface area contributed by atoms with Crippen LogP contribution in [0.1, 0.15) is 112 Å². The zero-order valence-corrected chi connectivity index (χ0v) is 19.9. The zero-order chi connectivity index (χ0) is 21.5. The van der Waals surface area contributed by atoms with Crippen molar-refractivity contribution in [3.8, 4) is 0 Å². The lowest BCUT2D eigenvalue weighted by Crippen LogP contribution is -2.25. The van der Waals surface area contributed by atoms with Crippen LogP contribution in [0.3, 0.4) is 0 Å². The number of hydrogen-bond acceptors (Lipinski definition) is 3. The molecule has 0 aliphatic carbocycles. The van der Waals surface area contributed by atoms with Crippen LogP contribution in [-0.4, -0.2) is 31.1 Å². The highest BCUT2D eigenvalue weighted by Crippen LogP contribution is 2.30. The van der Waals surface area contributed by atoms with E-state index in [2.05, 4.69) is 46.5 Å². The first-order chi connectivity index (χ1) is 13.1. The lowest BCUT2D eigenvalue weighted by Gasteiger charge is -2.28. The van der Waals surface area contributed by atoms with Gasteiger partial charge in [0.25, 0.3) is 0 Å². The van der Waals surface area contributed by atoms with Crippen molar-refractivity contribution in [1.82, 2.24) is 5.32 Å². The third-order valence-corrected chi connectivity index (χ3v) is 5.56. The molecule has 1 N–H and O–H groups in total. The Morgan fingerprint density at radius 2 is 1.50 bits per heavy atom. The predicted octanol–water partition coefficient (Wildman–Crippen LogP) is 6.85. The Balaban J connectivity index is 3.71. The van der Waals surface area contributed by atoms with E-state index in [1.807, 2.05) is 0 Å². The third-order valence-electron chi connectivity index (χ3n) is 5.56. The lowest BCUT2D eigenvalue weighted by atomic mass is 9.82. The molecule has 0 unspecified atom stereocenters. The van der Waals surface area contributed by atoms with Crippen molar-refractivity contribution < 1.29 is 9.53 Å². The Morgan fingerprint density at radius 3 is 2.14 bits per heavy atom. The Kier molecular flexibility index (Phi) is 14.8. The molecule has 0 radical (unpaired) electrons. The van der Waals surface area contributed by atoms with E-state index in [9.17, 15) is 4.79 Å². The first kappa shape index (κ1) is 27.3. The fraction of sp³-hybridized carbons (Fsp3) is 0.880. The zero-order valence-electron chi connectivity index (χ0n) is 19.9. The van der Waals surface area contributed by atoms with Crippen LogP contribution < -0.4 is 5.32 Å². The van der Waals surface area contributed by atoms with E-state index in [4.69, 9.17) is 4.74 Å². The van der Waals surface area contributed by atoms with Gasteiger partial charge in [0.1, 0.15) is 0 Å². The number of rotatable bonds is 19. The monoisotopic (exact) mass is 395 g/mol. The SMILES string of the molecule is C=C(C)C(=O)CCCNCCCC(C)(C)CCCCC(C)(C)OCCCCC. The topological polar surface area (TPSA) is 38.3 Å². The molecule has 0 amide bonds. The van der Waals surface area contributed by atoms with Crippen molar-refractivity contribution in [2.45, 2.75) is 118 Å². The maximum absolute atomic E-state index is 11.5. The molecule has 0 bridgehead atoms. The summed E-state index contributed by atoms with van der Waals surface area (Å²) in [5.74, 6) is 0.192. The van der Waals surface area contributed by atoms with Gasteiger partial charge in [-0.05, 0) is 83.4 Å². The second-order valence-electron chi connectivity index (χ2n) is 9.85. The molecule has 0 aliphatic heterocycles. The molecule has 28 heavy (non-hydrogen) atoms. The van der Waals surface area contributed by atoms with Gasteiger partial charge in [-0.2, -0.15) is 0 Å². The van der Waals surface area contributed by atoms with Crippen LogP contribution in [0.5, 0.6) is 0 Å². The number of hydrogen-bond donors (Lipinski definition) is 1. The molecule has 0 aromatic carbocycles. The molecule has 0 aliphatic rings. The molecule has 0 aromatic heterocycles. The van der Waals surface area contributed by atoms with Gasteiger partial charge in [0.2, 0.25) is 0 Å². The highest BCUT2D eigenvalue weighted by atomic mass is 16.5. The van der Waals surface area contributed by atoms with E-state index in [1.165, 1.54) is 51.4 Å². The van der Waals surface area contributed by atoms with E-state index < -0.39 is 0 Å². The Bertz CT molecular complexity index is 426. The third kappa shape index (κ3) is 16.3. The molecule has 0 rings (SSSR count). The maximum atomic E-state index is 11.5. The van der Waals surface area contributed by atoms with Crippen LogP contribution >= 0.6 is 0 Å². The van der Waals surface area contributed by atoms with Crippen LogP contribution in [0.25, 0.3) is 0 Å². The summed E-state index contributed by atoms with van der Waals surface area (Å²) in [5, 5.41) is 3.47. The molecule has 3 heteroatoms. The number of Topliss-reactive ketones (excluding diaryl/α,β-unsaturated/α-hetero) is 1. The van der Waals surface area contributed by atoms with E-state index >= 15 is 0 Å². The minimum atomic E-state index is 0.0212.